The van der Waals surface area contributed by atoms with Crippen LogP contribution < -0.4 is 0 Å². The molecule has 0 radical (unpaired) electrons. The number of thioether (sulfide) groups is 1. The standard InChI is InChI=1S/C18H20O6S/c1-4-22-17(20)15(24-13(3)19)11-12-16(18(21)23-5-2)25-14-9-7-6-8-10-14/h6-12H,4-5H2,1-3H3. The summed E-state index contributed by atoms with van der Waals surface area (Å²) in [5, 5.41) is 0. The molecule has 0 saturated carbocycles. The SMILES string of the molecule is CCOC(=O)C(=CC=C(Sc1ccccc1)C(=O)OCC)OC(C)=O. The van der Waals surface area contributed by atoms with Crippen LogP contribution in [0.1, 0.15) is 20.8 Å². The summed E-state index contributed by atoms with van der Waals surface area (Å²) < 4.78 is 14.7. The lowest BCUT2D eigenvalue weighted by Crippen LogP contribution is -2.13. The van der Waals surface area contributed by atoms with Crippen molar-refractivity contribution >= 4 is 29.7 Å². The van der Waals surface area contributed by atoms with Crippen molar-refractivity contribution < 1.29 is 28.6 Å². The lowest BCUT2D eigenvalue weighted by molar-refractivity contribution is -0.150. The fourth-order valence-electron chi connectivity index (χ4n) is 1.61. The summed E-state index contributed by atoms with van der Waals surface area (Å²) in [5.41, 5.74) is 0. The van der Waals surface area contributed by atoms with Gasteiger partial charge in [-0.3, -0.25) is 4.79 Å². The maximum absolute atomic E-state index is 12.1. The van der Waals surface area contributed by atoms with Gasteiger partial charge in [-0.1, -0.05) is 30.0 Å². The van der Waals surface area contributed by atoms with Gasteiger partial charge in [0.1, 0.15) is 0 Å². The number of hydrogen-bond donors (Lipinski definition) is 0. The third-order valence-corrected chi connectivity index (χ3v) is 3.59. The Labute approximate surface area is 150 Å². The topological polar surface area (TPSA) is 78.9 Å². The second kappa shape index (κ2) is 11.1. The van der Waals surface area contributed by atoms with Gasteiger partial charge >= 0.3 is 17.9 Å². The number of carbonyl (C=O) groups excluding carboxylic acids is 3. The minimum Gasteiger partial charge on any atom is -0.462 e. The van der Waals surface area contributed by atoms with Gasteiger partial charge in [-0.2, -0.15) is 0 Å². The number of hydrogen-bond acceptors (Lipinski definition) is 7. The van der Waals surface area contributed by atoms with Crippen LogP contribution in [0.4, 0.5) is 0 Å². The Balaban J connectivity index is 3.13. The molecular weight excluding hydrogens is 344 g/mol. The molecule has 0 fully saturated rings. The van der Waals surface area contributed by atoms with E-state index >= 15 is 0 Å². The normalized spacial score (nSPS) is 11.6. The first-order valence-electron chi connectivity index (χ1n) is 7.65. The van der Waals surface area contributed by atoms with Gasteiger partial charge in [0.2, 0.25) is 5.76 Å². The molecule has 7 heteroatoms. The summed E-state index contributed by atoms with van der Waals surface area (Å²) in [6, 6.07) is 9.20. The summed E-state index contributed by atoms with van der Waals surface area (Å²) in [7, 11) is 0. The molecule has 0 atom stereocenters. The van der Waals surface area contributed by atoms with Gasteiger partial charge in [-0.25, -0.2) is 9.59 Å². The molecule has 0 aliphatic heterocycles. The van der Waals surface area contributed by atoms with Gasteiger partial charge in [0.15, 0.2) is 0 Å². The summed E-state index contributed by atoms with van der Waals surface area (Å²) in [5.74, 6) is -2.30. The highest BCUT2D eigenvalue weighted by molar-refractivity contribution is 8.04. The average molecular weight is 364 g/mol. The molecule has 6 nitrogen and oxygen atoms in total. The number of esters is 3. The summed E-state index contributed by atoms with van der Waals surface area (Å²) in [4.78, 5) is 36.1. The fraction of sp³-hybridized carbons (Fsp3) is 0.278. The quantitative estimate of drug-likeness (QED) is 0.175. The maximum atomic E-state index is 12.1. The zero-order valence-electron chi connectivity index (χ0n) is 14.3. The lowest BCUT2D eigenvalue weighted by Gasteiger charge is -2.07. The molecule has 1 rings (SSSR count). The second-order valence-electron chi connectivity index (χ2n) is 4.51. The van der Waals surface area contributed by atoms with Crippen molar-refractivity contribution in [1.29, 1.82) is 0 Å². The Bertz CT molecular complexity index is 663. The molecule has 0 saturated heterocycles. The van der Waals surface area contributed by atoms with Crippen molar-refractivity contribution in [2.45, 2.75) is 25.7 Å². The van der Waals surface area contributed by atoms with Crippen LogP contribution in [0.5, 0.6) is 0 Å². The van der Waals surface area contributed by atoms with Crippen LogP contribution in [0.15, 0.2) is 58.0 Å². The summed E-state index contributed by atoms with van der Waals surface area (Å²) in [6.45, 7) is 4.84. The molecule has 134 valence electrons. The van der Waals surface area contributed by atoms with E-state index in [4.69, 9.17) is 14.2 Å². The molecule has 0 heterocycles. The number of allylic oxidation sites excluding steroid dienone is 2. The minimum absolute atomic E-state index is 0.130. The molecule has 0 N–H and O–H groups in total. The van der Waals surface area contributed by atoms with Crippen LogP contribution in [0.3, 0.4) is 0 Å². The van der Waals surface area contributed by atoms with Crippen LogP contribution in [0.2, 0.25) is 0 Å². The highest BCUT2D eigenvalue weighted by atomic mass is 32.2. The monoisotopic (exact) mass is 364 g/mol. The van der Waals surface area contributed by atoms with Crippen LogP contribution in [0, 0.1) is 0 Å². The average Bonchev–Trinajstić information content (AvgIpc) is 2.58. The van der Waals surface area contributed by atoms with Crippen LogP contribution in [0.25, 0.3) is 0 Å². The number of rotatable bonds is 8. The molecule has 0 spiro atoms. The molecule has 1 aromatic rings. The van der Waals surface area contributed by atoms with E-state index in [1.165, 1.54) is 30.8 Å². The Hall–Kier alpha value is -2.54. The maximum Gasteiger partial charge on any atom is 0.374 e. The van der Waals surface area contributed by atoms with Gasteiger partial charge in [0.05, 0.1) is 18.1 Å². The van der Waals surface area contributed by atoms with Crippen LogP contribution >= 0.6 is 11.8 Å². The number of benzene rings is 1. The van der Waals surface area contributed by atoms with Gasteiger partial charge in [0.25, 0.3) is 0 Å². The first kappa shape index (κ1) is 20.5. The van der Waals surface area contributed by atoms with Gasteiger partial charge < -0.3 is 14.2 Å². The Morgan fingerprint density at radius 1 is 0.960 bits per heavy atom. The zero-order valence-corrected chi connectivity index (χ0v) is 15.1. The summed E-state index contributed by atoms with van der Waals surface area (Å²) >= 11 is 1.17. The predicted molar refractivity (Wildman–Crippen MR) is 93.5 cm³/mol. The Morgan fingerprint density at radius 2 is 1.56 bits per heavy atom. The van der Waals surface area contributed by atoms with Crippen molar-refractivity contribution in [3.05, 3.63) is 53.1 Å². The van der Waals surface area contributed by atoms with E-state index in [-0.39, 0.29) is 23.9 Å². The molecule has 1 aromatic carbocycles. The van der Waals surface area contributed by atoms with Gasteiger partial charge in [-0.05, 0) is 38.1 Å². The highest BCUT2D eigenvalue weighted by Gasteiger charge is 2.16. The fourth-order valence-corrected chi connectivity index (χ4v) is 2.44. The van der Waals surface area contributed by atoms with Crippen molar-refractivity contribution in [1.82, 2.24) is 0 Å². The van der Waals surface area contributed by atoms with Crippen molar-refractivity contribution in [3.8, 4) is 0 Å². The van der Waals surface area contributed by atoms with E-state index in [2.05, 4.69) is 0 Å². The molecule has 25 heavy (non-hydrogen) atoms. The number of ether oxygens (including phenoxy) is 3. The van der Waals surface area contributed by atoms with E-state index in [9.17, 15) is 14.4 Å². The molecule has 0 aromatic heterocycles. The van der Waals surface area contributed by atoms with Crippen LogP contribution in [-0.2, 0) is 28.6 Å². The first-order valence-corrected chi connectivity index (χ1v) is 8.47. The molecule has 0 unspecified atom stereocenters. The Kier molecular flexibility index (Phi) is 9.10. The smallest absolute Gasteiger partial charge is 0.374 e. The molecule has 0 aliphatic carbocycles. The van der Waals surface area contributed by atoms with E-state index in [0.717, 1.165) is 4.90 Å². The van der Waals surface area contributed by atoms with Crippen molar-refractivity contribution in [3.63, 3.8) is 0 Å². The van der Waals surface area contributed by atoms with Crippen molar-refractivity contribution in [2.75, 3.05) is 13.2 Å². The molecule has 0 aliphatic rings. The van der Waals surface area contributed by atoms with E-state index in [1.54, 1.807) is 13.8 Å². The zero-order chi connectivity index (χ0) is 18.7. The van der Waals surface area contributed by atoms with E-state index in [0.29, 0.717) is 0 Å². The van der Waals surface area contributed by atoms with Gasteiger partial charge in [-0.15, -0.1) is 0 Å². The molecule has 0 amide bonds. The predicted octanol–water partition coefficient (Wildman–Crippen LogP) is 3.24. The molecular formula is C18H20O6S. The second-order valence-corrected chi connectivity index (χ2v) is 5.63. The van der Waals surface area contributed by atoms with Crippen molar-refractivity contribution in [2.24, 2.45) is 0 Å². The number of carbonyl (C=O) groups is 3. The summed E-state index contributed by atoms with van der Waals surface area (Å²) in [6.07, 6.45) is 2.59. The lowest BCUT2D eigenvalue weighted by atomic mass is 10.4. The third-order valence-electron chi connectivity index (χ3n) is 2.56. The largest absolute Gasteiger partial charge is 0.462 e. The highest BCUT2D eigenvalue weighted by Crippen LogP contribution is 2.27. The Morgan fingerprint density at radius 3 is 2.12 bits per heavy atom. The molecule has 0 bridgehead atoms. The van der Waals surface area contributed by atoms with E-state index < -0.39 is 17.9 Å². The van der Waals surface area contributed by atoms with E-state index in [1.807, 2.05) is 30.3 Å². The van der Waals surface area contributed by atoms with Crippen LogP contribution in [-0.4, -0.2) is 31.1 Å². The first-order chi connectivity index (χ1) is 12.0. The minimum atomic E-state index is -0.790. The van der Waals surface area contributed by atoms with Gasteiger partial charge in [0, 0.05) is 11.8 Å². The third kappa shape index (κ3) is 7.71.